The zero-order valence-electron chi connectivity index (χ0n) is 8.80. The van der Waals surface area contributed by atoms with E-state index in [1.807, 2.05) is 13.8 Å². The Hall–Kier alpha value is -1.09. The highest BCUT2D eigenvalue weighted by Crippen LogP contribution is 2.12. The second-order valence-electron chi connectivity index (χ2n) is 2.31. The third-order valence-electron chi connectivity index (χ3n) is 1.42. The van der Waals surface area contributed by atoms with Crippen LogP contribution in [-0.4, -0.2) is 18.1 Å². The average molecular weight is 216 g/mol. The summed E-state index contributed by atoms with van der Waals surface area (Å²) in [6.07, 6.45) is 1.42. The Labute approximate surface area is 89.1 Å². The minimum atomic E-state index is -0.441. The van der Waals surface area contributed by atoms with Crippen molar-refractivity contribution in [1.82, 2.24) is 4.98 Å². The first kappa shape index (κ1) is 12.9. The van der Waals surface area contributed by atoms with Crippen LogP contribution in [0.15, 0.2) is 12.3 Å². The molecule has 3 nitrogen and oxygen atoms in total. The number of carbonyl (C=O) groups is 1. The van der Waals surface area contributed by atoms with Crippen molar-refractivity contribution in [2.45, 2.75) is 20.8 Å². The van der Waals surface area contributed by atoms with E-state index in [1.165, 1.54) is 13.3 Å². The smallest absolute Gasteiger partial charge is 0.356 e. The van der Waals surface area contributed by atoms with Crippen LogP contribution in [0.25, 0.3) is 0 Å². The van der Waals surface area contributed by atoms with Gasteiger partial charge in [-0.15, -0.1) is 0 Å². The summed E-state index contributed by atoms with van der Waals surface area (Å²) < 4.78 is 4.51. The SMILES string of the molecule is CC.COC(=O)c1ncc(Cl)cc1C. The molecule has 0 spiro atoms. The highest BCUT2D eigenvalue weighted by molar-refractivity contribution is 6.30. The standard InChI is InChI=1S/C8H8ClNO2.C2H6/c1-5-3-6(9)4-10-7(5)8(11)12-2;1-2/h3-4H,1-2H3;1-2H3. The average Bonchev–Trinajstić information content (AvgIpc) is 2.20. The summed E-state index contributed by atoms with van der Waals surface area (Å²) in [5.41, 5.74) is 1.02. The Bertz CT molecular complexity index is 313. The number of aromatic nitrogens is 1. The van der Waals surface area contributed by atoms with E-state index in [4.69, 9.17) is 11.6 Å². The molecule has 0 amide bonds. The highest BCUT2D eigenvalue weighted by atomic mass is 35.5. The van der Waals surface area contributed by atoms with Crippen LogP contribution in [0.4, 0.5) is 0 Å². The minimum absolute atomic E-state index is 0.307. The van der Waals surface area contributed by atoms with Crippen LogP contribution >= 0.6 is 11.6 Å². The van der Waals surface area contributed by atoms with E-state index in [2.05, 4.69) is 9.72 Å². The zero-order valence-corrected chi connectivity index (χ0v) is 9.55. The van der Waals surface area contributed by atoms with Crippen molar-refractivity contribution in [2.75, 3.05) is 7.11 Å². The maximum Gasteiger partial charge on any atom is 0.356 e. The van der Waals surface area contributed by atoms with Crippen molar-refractivity contribution >= 4 is 17.6 Å². The summed E-state index contributed by atoms with van der Waals surface area (Å²) in [5.74, 6) is -0.441. The van der Waals surface area contributed by atoms with E-state index in [0.29, 0.717) is 16.3 Å². The number of methoxy groups -OCH3 is 1. The Morgan fingerprint density at radius 1 is 1.50 bits per heavy atom. The number of carbonyl (C=O) groups excluding carboxylic acids is 1. The van der Waals surface area contributed by atoms with Crippen LogP contribution in [0, 0.1) is 6.92 Å². The highest BCUT2D eigenvalue weighted by Gasteiger charge is 2.10. The number of esters is 1. The molecule has 78 valence electrons. The van der Waals surface area contributed by atoms with E-state index in [-0.39, 0.29) is 0 Å². The number of ether oxygens (including phenoxy) is 1. The van der Waals surface area contributed by atoms with Crippen molar-refractivity contribution in [3.05, 3.63) is 28.5 Å². The van der Waals surface area contributed by atoms with Crippen molar-refractivity contribution in [2.24, 2.45) is 0 Å². The van der Waals surface area contributed by atoms with E-state index < -0.39 is 5.97 Å². The third-order valence-corrected chi connectivity index (χ3v) is 1.63. The van der Waals surface area contributed by atoms with Crippen molar-refractivity contribution in [1.29, 1.82) is 0 Å². The van der Waals surface area contributed by atoms with Gasteiger partial charge >= 0.3 is 5.97 Å². The summed E-state index contributed by atoms with van der Waals surface area (Å²) in [4.78, 5) is 14.9. The molecule has 1 aromatic rings. The summed E-state index contributed by atoms with van der Waals surface area (Å²) in [6, 6.07) is 1.67. The Morgan fingerprint density at radius 3 is 2.50 bits per heavy atom. The fraction of sp³-hybridized carbons (Fsp3) is 0.400. The van der Waals surface area contributed by atoms with Gasteiger partial charge in [-0.3, -0.25) is 0 Å². The van der Waals surface area contributed by atoms with Gasteiger partial charge in [0, 0.05) is 6.20 Å². The molecule has 14 heavy (non-hydrogen) atoms. The van der Waals surface area contributed by atoms with Gasteiger partial charge in [-0.05, 0) is 18.6 Å². The fourth-order valence-corrected chi connectivity index (χ4v) is 1.06. The molecule has 0 bridgehead atoms. The Balaban J connectivity index is 0.000000791. The van der Waals surface area contributed by atoms with Crippen molar-refractivity contribution in [3.8, 4) is 0 Å². The molecule has 0 fully saturated rings. The molecule has 4 heteroatoms. The lowest BCUT2D eigenvalue weighted by Gasteiger charge is -2.01. The number of halogens is 1. The molecule has 0 saturated heterocycles. The Kier molecular flexibility index (Phi) is 5.88. The Morgan fingerprint density at radius 2 is 2.07 bits per heavy atom. The largest absolute Gasteiger partial charge is 0.464 e. The predicted molar refractivity (Wildman–Crippen MR) is 56.7 cm³/mol. The van der Waals surface area contributed by atoms with Gasteiger partial charge in [-0.25, -0.2) is 9.78 Å². The molecule has 0 aromatic carbocycles. The normalized spacial score (nSPS) is 8.64. The van der Waals surface area contributed by atoms with Crippen LogP contribution in [0.5, 0.6) is 0 Å². The number of aryl methyl sites for hydroxylation is 1. The van der Waals surface area contributed by atoms with Gasteiger partial charge in [0.05, 0.1) is 12.1 Å². The number of rotatable bonds is 1. The zero-order chi connectivity index (χ0) is 11.1. The maximum atomic E-state index is 11.0. The van der Waals surface area contributed by atoms with Gasteiger partial charge in [0.15, 0.2) is 5.69 Å². The maximum absolute atomic E-state index is 11.0. The van der Waals surface area contributed by atoms with Crippen molar-refractivity contribution in [3.63, 3.8) is 0 Å². The third kappa shape index (κ3) is 3.34. The molecule has 0 saturated carbocycles. The van der Waals surface area contributed by atoms with Crippen molar-refractivity contribution < 1.29 is 9.53 Å². The van der Waals surface area contributed by atoms with E-state index >= 15 is 0 Å². The van der Waals surface area contributed by atoms with Crippen LogP contribution in [0.3, 0.4) is 0 Å². The topological polar surface area (TPSA) is 39.2 Å². The summed E-state index contributed by atoms with van der Waals surface area (Å²) in [6.45, 7) is 5.76. The summed E-state index contributed by atoms with van der Waals surface area (Å²) in [7, 11) is 1.32. The second kappa shape index (κ2) is 6.38. The number of nitrogens with zero attached hydrogens (tertiary/aromatic N) is 1. The first-order valence-corrected chi connectivity index (χ1v) is 4.73. The molecule has 0 atom stereocenters. The number of hydrogen-bond donors (Lipinski definition) is 0. The van der Waals surface area contributed by atoms with E-state index in [0.717, 1.165) is 0 Å². The molecule has 0 N–H and O–H groups in total. The molecule has 1 heterocycles. The lowest BCUT2D eigenvalue weighted by Crippen LogP contribution is -2.06. The van der Waals surface area contributed by atoms with Gasteiger partial charge in [0.2, 0.25) is 0 Å². The lowest BCUT2D eigenvalue weighted by molar-refractivity contribution is 0.0593. The van der Waals surface area contributed by atoms with Crippen LogP contribution in [0.2, 0.25) is 5.02 Å². The summed E-state index contributed by atoms with van der Waals surface area (Å²) >= 11 is 5.65. The van der Waals surface area contributed by atoms with Gasteiger partial charge in [0.1, 0.15) is 0 Å². The molecule has 1 aromatic heterocycles. The monoisotopic (exact) mass is 215 g/mol. The lowest BCUT2D eigenvalue weighted by atomic mass is 10.2. The second-order valence-corrected chi connectivity index (χ2v) is 2.75. The van der Waals surface area contributed by atoms with Gasteiger partial charge in [0.25, 0.3) is 0 Å². The van der Waals surface area contributed by atoms with E-state index in [1.54, 1.807) is 13.0 Å². The predicted octanol–water partition coefficient (Wildman–Crippen LogP) is 2.86. The molecule has 0 radical (unpaired) electrons. The van der Waals surface area contributed by atoms with E-state index in [9.17, 15) is 4.79 Å². The molecule has 0 aliphatic carbocycles. The van der Waals surface area contributed by atoms with Gasteiger partial charge < -0.3 is 4.74 Å². The molecular formula is C10H14ClNO2. The number of hydrogen-bond acceptors (Lipinski definition) is 3. The van der Waals surface area contributed by atoms with Gasteiger partial charge in [-0.1, -0.05) is 25.4 Å². The fourth-order valence-electron chi connectivity index (χ4n) is 0.851. The van der Waals surface area contributed by atoms with Crippen LogP contribution in [-0.2, 0) is 4.74 Å². The molecular weight excluding hydrogens is 202 g/mol. The first-order chi connectivity index (χ1) is 6.65. The molecule has 1 rings (SSSR count). The molecule has 0 aliphatic heterocycles. The molecule has 0 aliphatic rings. The minimum Gasteiger partial charge on any atom is -0.464 e. The molecule has 0 unspecified atom stereocenters. The quantitative estimate of drug-likeness (QED) is 0.677. The van der Waals surface area contributed by atoms with Crippen LogP contribution < -0.4 is 0 Å². The number of pyridine rings is 1. The van der Waals surface area contributed by atoms with Gasteiger partial charge in [-0.2, -0.15) is 0 Å². The van der Waals surface area contributed by atoms with Crippen LogP contribution in [0.1, 0.15) is 29.9 Å². The first-order valence-electron chi connectivity index (χ1n) is 4.35. The summed E-state index contributed by atoms with van der Waals surface area (Å²) in [5, 5.41) is 0.514.